The van der Waals surface area contributed by atoms with Crippen molar-refractivity contribution in [3.05, 3.63) is 59.7 Å². The van der Waals surface area contributed by atoms with Gasteiger partial charge in [0.1, 0.15) is 5.75 Å². The molecule has 0 saturated carbocycles. The van der Waals surface area contributed by atoms with Crippen molar-refractivity contribution < 1.29 is 13.2 Å². The maximum Gasteiger partial charge on any atom is 0.243 e. The first-order valence-electron chi connectivity index (χ1n) is 7.93. The first-order valence-corrected chi connectivity index (χ1v) is 9.37. The Balaban J connectivity index is 2.01. The third-order valence-corrected chi connectivity index (χ3v) is 6.20. The minimum atomic E-state index is -3.68. The van der Waals surface area contributed by atoms with Crippen LogP contribution >= 0.6 is 0 Å². The molecule has 2 aromatic carbocycles. The predicted molar refractivity (Wildman–Crippen MR) is 93.7 cm³/mol. The van der Waals surface area contributed by atoms with E-state index in [4.69, 9.17) is 10.00 Å². The zero-order valence-corrected chi connectivity index (χ0v) is 14.7. The van der Waals surface area contributed by atoms with Gasteiger partial charge in [0.05, 0.1) is 29.7 Å². The van der Waals surface area contributed by atoms with Gasteiger partial charge in [-0.15, -0.1) is 0 Å². The number of nitrogens with zero attached hydrogens (tertiary/aromatic N) is 2. The Hall–Kier alpha value is -2.40. The summed E-state index contributed by atoms with van der Waals surface area (Å²) in [4.78, 5) is 0.188. The molecule has 2 aromatic rings. The number of nitrogens with one attached hydrogen (secondary N) is 1. The fraction of sp³-hybridized carbons (Fsp3) is 0.278. The van der Waals surface area contributed by atoms with Crippen molar-refractivity contribution in [2.24, 2.45) is 0 Å². The zero-order chi connectivity index (χ0) is 17.9. The van der Waals surface area contributed by atoms with Crippen LogP contribution in [0.4, 0.5) is 0 Å². The van der Waals surface area contributed by atoms with E-state index in [1.807, 2.05) is 30.3 Å². The molecule has 1 aliphatic rings. The van der Waals surface area contributed by atoms with Gasteiger partial charge >= 0.3 is 0 Å². The maximum absolute atomic E-state index is 13.1. The lowest BCUT2D eigenvalue weighted by molar-refractivity contribution is 0.264. The van der Waals surface area contributed by atoms with E-state index in [0.29, 0.717) is 30.9 Å². The number of para-hydroxylation sites is 1. The van der Waals surface area contributed by atoms with Gasteiger partial charge in [0, 0.05) is 25.2 Å². The summed E-state index contributed by atoms with van der Waals surface area (Å²) in [7, 11) is -2.10. The highest BCUT2D eigenvalue weighted by Crippen LogP contribution is 2.33. The summed E-state index contributed by atoms with van der Waals surface area (Å²) < 4.78 is 33.2. The second kappa shape index (κ2) is 7.23. The Labute approximate surface area is 147 Å². The quantitative estimate of drug-likeness (QED) is 0.904. The van der Waals surface area contributed by atoms with Gasteiger partial charge < -0.3 is 10.1 Å². The van der Waals surface area contributed by atoms with Crippen LogP contribution in [-0.4, -0.2) is 39.5 Å². The van der Waals surface area contributed by atoms with Crippen molar-refractivity contribution in [2.45, 2.75) is 10.9 Å². The molecule has 1 fully saturated rings. The van der Waals surface area contributed by atoms with Crippen LogP contribution in [0.2, 0.25) is 0 Å². The minimum absolute atomic E-state index is 0.188. The fourth-order valence-corrected chi connectivity index (χ4v) is 4.62. The Morgan fingerprint density at radius 3 is 2.60 bits per heavy atom. The number of nitriles is 1. The second-order valence-electron chi connectivity index (χ2n) is 5.71. The molecule has 1 atom stereocenters. The SMILES string of the molecule is COc1ccccc1C1CNCCN1S(=O)(=O)c1ccc(C#N)cc1. The van der Waals surface area contributed by atoms with Crippen molar-refractivity contribution in [1.82, 2.24) is 9.62 Å². The van der Waals surface area contributed by atoms with Gasteiger partial charge in [0.2, 0.25) is 10.0 Å². The lowest BCUT2D eigenvalue weighted by Crippen LogP contribution is -2.48. The molecule has 6 nitrogen and oxygen atoms in total. The maximum atomic E-state index is 13.1. The van der Waals surface area contributed by atoms with E-state index in [1.54, 1.807) is 7.11 Å². The molecule has 1 aliphatic heterocycles. The molecule has 1 saturated heterocycles. The summed E-state index contributed by atoms with van der Waals surface area (Å²) in [6, 6.07) is 15.1. The largest absolute Gasteiger partial charge is 0.496 e. The highest BCUT2D eigenvalue weighted by Gasteiger charge is 2.35. The molecule has 7 heteroatoms. The molecule has 0 radical (unpaired) electrons. The summed E-state index contributed by atoms with van der Waals surface area (Å²) in [5, 5.41) is 12.1. The Morgan fingerprint density at radius 1 is 1.20 bits per heavy atom. The average molecular weight is 357 g/mol. The molecule has 1 unspecified atom stereocenters. The summed E-state index contributed by atoms with van der Waals surface area (Å²) >= 11 is 0. The van der Waals surface area contributed by atoms with Gasteiger partial charge in [-0.1, -0.05) is 18.2 Å². The average Bonchev–Trinajstić information content (AvgIpc) is 2.68. The molecule has 1 N–H and O–H groups in total. The smallest absolute Gasteiger partial charge is 0.243 e. The molecule has 0 bridgehead atoms. The first-order chi connectivity index (χ1) is 12.1. The van der Waals surface area contributed by atoms with Crippen LogP contribution in [0.15, 0.2) is 53.4 Å². The normalized spacial score (nSPS) is 18.5. The van der Waals surface area contributed by atoms with Crippen molar-refractivity contribution in [3.63, 3.8) is 0 Å². The molecular formula is C18H19N3O3S. The van der Waals surface area contributed by atoms with E-state index >= 15 is 0 Å². The number of methoxy groups -OCH3 is 1. The Kier molecular flexibility index (Phi) is 5.04. The van der Waals surface area contributed by atoms with E-state index < -0.39 is 10.0 Å². The Bertz CT molecular complexity index is 889. The van der Waals surface area contributed by atoms with Crippen molar-refractivity contribution >= 4 is 10.0 Å². The number of hydrogen-bond donors (Lipinski definition) is 1. The highest BCUT2D eigenvalue weighted by atomic mass is 32.2. The van der Waals surface area contributed by atoms with Crippen molar-refractivity contribution in [3.8, 4) is 11.8 Å². The van der Waals surface area contributed by atoms with E-state index in [0.717, 1.165) is 5.56 Å². The molecule has 0 aromatic heterocycles. The van der Waals surface area contributed by atoms with E-state index in [-0.39, 0.29) is 10.9 Å². The van der Waals surface area contributed by atoms with Crippen LogP contribution in [0.5, 0.6) is 5.75 Å². The van der Waals surface area contributed by atoms with Gasteiger partial charge in [-0.05, 0) is 30.3 Å². The fourth-order valence-electron chi connectivity index (χ4n) is 3.02. The van der Waals surface area contributed by atoms with Crippen LogP contribution in [-0.2, 0) is 10.0 Å². The van der Waals surface area contributed by atoms with Gasteiger partial charge in [-0.2, -0.15) is 9.57 Å². The van der Waals surface area contributed by atoms with E-state index in [2.05, 4.69) is 5.32 Å². The zero-order valence-electron chi connectivity index (χ0n) is 13.8. The van der Waals surface area contributed by atoms with Crippen molar-refractivity contribution in [1.29, 1.82) is 5.26 Å². The van der Waals surface area contributed by atoms with Crippen LogP contribution in [0.25, 0.3) is 0 Å². The standard InChI is InChI=1S/C18H19N3O3S/c1-24-18-5-3-2-4-16(18)17-13-20-10-11-21(17)25(22,23)15-8-6-14(12-19)7-9-15/h2-9,17,20H,10-11,13H2,1H3. The summed E-state index contributed by atoms with van der Waals surface area (Å²) in [5.41, 5.74) is 1.26. The van der Waals surface area contributed by atoms with Crippen LogP contribution < -0.4 is 10.1 Å². The van der Waals surface area contributed by atoms with E-state index in [9.17, 15) is 8.42 Å². The lowest BCUT2D eigenvalue weighted by atomic mass is 10.0. The first kappa shape index (κ1) is 17.4. The Morgan fingerprint density at radius 2 is 1.92 bits per heavy atom. The van der Waals surface area contributed by atoms with Gasteiger partial charge in [-0.3, -0.25) is 0 Å². The van der Waals surface area contributed by atoms with Crippen LogP contribution in [0.1, 0.15) is 17.2 Å². The van der Waals surface area contributed by atoms with Gasteiger partial charge in [-0.25, -0.2) is 8.42 Å². The minimum Gasteiger partial charge on any atom is -0.496 e. The summed E-state index contributed by atoms with van der Waals surface area (Å²) in [6.45, 7) is 1.46. The summed E-state index contributed by atoms with van der Waals surface area (Å²) in [6.07, 6.45) is 0. The van der Waals surface area contributed by atoms with Crippen LogP contribution in [0, 0.1) is 11.3 Å². The molecule has 1 heterocycles. The number of rotatable bonds is 4. The molecular weight excluding hydrogens is 338 g/mol. The topological polar surface area (TPSA) is 82.4 Å². The third-order valence-electron chi connectivity index (χ3n) is 4.28. The molecule has 25 heavy (non-hydrogen) atoms. The highest BCUT2D eigenvalue weighted by molar-refractivity contribution is 7.89. The van der Waals surface area contributed by atoms with Gasteiger partial charge in [0.15, 0.2) is 0 Å². The molecule has 130 valence electrons. The van der Waals surface area contributed by atoms with Crippen LogP contribution in [0.3, 0.4) is 0 Å². The number of piperazine rings is 1. The summed E-state index contributed by atoms with van der Waals surface area (Å²) in [5.74, 6) is 0.663. The third kappa shape index (κ3) is 3.37. The van der Waals surface area contributed by atoms with Gasteiger partial charge in [0.25, 0.3) is 0 Å². The number of ether oxygens (including phenoxy) is 1. The molecule has 3 rings (SSSR count). The number of sulfonamides is 1. The molecule has 0 spiro atoms. The molecule has 0 amide bonds. The molecule has 0 aliphatic carbocycles. The van der Waals surface area contributed by atoms with Crippen molar-refractivity contribution in [2.75, 3.05) is 26.7 Å². The monoisotopic (exact) mass is 357 g/mol. The number of hydrogen-bond acceptors (Lipinski definition) is 5. The second-order valence-corrected chi connectivity index (χ2v) is 7.60. The predicted octanol–water partition coefficient (Wildman–Crippen LogP) is 1.90. The lowest BCUT2D eigenvalue weighted by Gasteiger charge is -2.36. The number of benzene rings is 2. The van der Waals surface area contributed by atoms with E-state index in [1.165, 1.54) is 28.6 Å².